The van der Waals surface area contributed by atoms with Gasteiger partial charge in [-0.25, -0.2) is 4.39 Å². The Morgan fingerprint density at radius 3 is 2.88 bits per heavy atom. The van der Waals surface area contributed by atoms with Crippen molar-refractivity contribution in [3.63, 3.8) is 0 Å². The fourth-order valence-electron chi connectivity index (χ4n) is 1.30. The predicted octanol–water partition coefficient (Wildman–Crippen LogP) is 0.919. The van der Waals surface area contributed by atoms with E-state index in [4.69, 9.17) is 11.0 Å². The van der Waals surface area contributed by atoms with E-state index in [0.29, 0.717) is 17.9 Å². The van der Waals surface area contributed by atoms with Crippen LogP contribution in [0.3, 0.4) is 0 Å². The Bertz CT molecular complexity index is 555. The SMILES string of the molecule is N#Cc1ccc(Cn2ncc(N)n2)cc1F. The first-order valence-electron chi connectivity index (χ1n) is 4.53. The van der Waals surface area contributed by atoms with E-state index in [-0.39, 0.29) is 5.56 Å². The molecule has 0 aliphatic heterocycles. The number of rotatable bonds is 2. The summed E-state index contributed by atoms with van der Waals surface area (Å²) in [5.74, 6) is -0.228. The topological polar surface area (TPSA) is 80.5 Å². The van der Waals surface area contributed by atoms with E-state index >= 15 is 0 Å². The number of nitrogen functional groups attached to an aromatic ring is 1. The van der Waals surface area contributed by atoms with Crippen LogP contribution in [0.5, 0.6) is 0 Å². The van der Waals surface area contributed by atoms with Gasteiger partial charge in [0.15, 0.2) is 5.82 Å². The van der Waals surface area contributed by atoms with Gasteiger partial charge in [0.25, 0.3) is 0 Å². The third kappa shape index (κ3) is 1.98. The van der Waals surface area contributed by atoms with E-state index in [1.165, 1.54) is 23.1 Å². The molecule has 0 bridgehead atoms. The summed E-state index contributed by atoms with van der Waals surface area (Å²) < 4.78 is 13.3. The molecule has 0 spiro atoms. The lowest BCUT2D eigenvalue weighted by molar-refractivity contribution is 0.582. The monoisotopic (exact) mass is 217 g/mol. The average molecular weight is 217 g/mol. The fraction of sp³-hybridized carbons (Fsp3) is 0.100. The lowest BCUT2D eigenvalue weighted by Gasteiger charge is -2.01. The van der Waals surface area contributed by atoms with Gasteiger partial charge in [0.1, 0.15) is 11.9 Å². The molecule has 0 atom stereocenters. The van der Waals surface area contributed by atoms with Crippen molar-refractivity contribution in [3.8, 4) is 6.07 Å². The van der Waals surface area contributed by atoms with Crippen molar-refractivity contribution in [2.45, 2.75) is 6.54 Å². The van der Waals surface area contributed by atoms with Crippen LogP contribution in [0.1, 0.15) is 11.1 Å². The zero-order chi connectivity index (χ0) is 11.5. The van der Waals surface area contributed by atoms with Crippen LogP contribution < -0.4 is 5.73 Å². The average Bonchev–Trinajstić information content (AvgIpc) is 2.64. The molecule has 1 heterocycles. The summed E-state index contributed by atoms with van der Waals surface area (Å²) in [7, 11) is 0. The molecule has 5 nitrogen and oxygen atoms in total. The van der Waals surface area contributed by atoms with E-state index in [9.17, 15) is 4.39 Å². The second kappa shape index (κ2) is 3.98. The van der Waals surface area contributed by atoms with E-state index < -0.39 is 5.82 Å². The van der Waals surface area contributed by atoms with Crippen molar-refractivity contribution >= 4 is 5.82 Å². The molecule has 0 radical (unpaired) electrons. The summed E-state index contributed by atoms with van der Waals surface area (Å²) in [6, 6.07) is 6.13. The minimum absolute atomic E-state index is 0.0247. The van der Waals surface area contributed by atoms with Crippen LogP contribution in [0.15, 0.2) is 24.4 Å². The number of hydrogen-bond donors (Lipinski definition) is 1. The lowest BCUT2D eigenvalue weighted by Crippen LogP contribution is -2.04. The van der Waals surface area contributed by atoms with E-state index in [2.05, 4.69) is 10.2 Å². The summed E-state index contributed by atoms with van der Waals surface area (Å²) in [5, 5.41) is 16.3. The second-order valence-corrected chi connectivity index (χ2v) is 3.23. The van der Waals surface area contributed by atoms with Crippen molar-refractivity contribution in [2.75, 3.05) is 5.73 Å². The number of anilines is 1. The third-order valence-corrected chi connectivity index (χ3v) is 2.03. The van der Waals surface area contributed by atoms with Crippen molar-refractivity contribution < 1.29 is 4.39 Å². The minimum Gasteiger partial charge on any atom is -0.381 e. The summed E-state index contributed by atoms with van der Waals surface area (Å²) in [6.07, 6.45) is 1.42. The highest BCUT2D eigenvalue weighted by Gasteiger charge is 2.04. The maximum absolute atomic E-state index is 13.3. The quantitative estimate of drug-likeness (QED) is 0.811. The van der Waals surface area contributed by atoms with Gasteiger partial charge in [-0.1, -0.05) is 6.07 Å². The zero-order valence-electron chi connectivity index (χ0n) is 8.26. The Kier molecular flexibility index (Phi) is 2.52. The molecule has 0 saturated carbocycles. The van der Waals surface area contributed by atoms with Crippen molar-refractivity contribution in [1.82, 2.24) is 15.0 Å². The van der Waals surface area contributed by atoms with Gasteiger partial charge in [-0.15, -0.1) is 5.10 Å². The smallest absolute Gasteiger partial charge is 0.165 e. The van der Waals surface area contributed by atoms with Crippen molar-refractivity contribution in [1.29, 1.82) is 5.26 Å². The molecule has 0 amide bonds. The van der Waals surface area contributed by atoms with E-state index in [0.717, 1.165) is 0 Å². The third-order valence-electron chi connectivity index (χ3n) is 2.03. The van der Waals surface area contributed by atoms with Crippen molar-refractivity contribution in [3.05, 3.63) is 41.3 Å². The molecule has 0 fully saturated rings. The van der Waals surface area contributed by atoms with Gasteiger partial charge in [0.2, 0.25) is 0 Å². The maximum atomic E-state index is 13.3. The molecular formula is C10H8FN5. The van der Waals surface area contributed by atoms with Gasteiger partial charge in [0, 0.05) is 0 Å². The summed E-state index contributed by atoms with van der Waals surface area (Å²) in [5.41, 5.74) is 6.09. The molecule has 0 aliphatic rings. The fourth-order valence-corrected chi connectivity index (χ4v) is 1.30. The first-order chi connectivity index (χ1) is 7.69. The predicted molar refractivity (Wildman–Crippen MR) is 54.7 cm³/mol. The van der Waals surface area contributed by atoms with Gasteiger partial charge in [0.05, 0.1) is 18.3 Å². The maximum Gasteiger partial charge on any atom is 0.165 e. The minimum atomic E-state index is -0.542. The molecule has 80 valence electrons. The lowest BCUT2D eigenvalue weighted by atomic mass is 10.1. The van der Waals surface area contributed by atoms with Crippen LogP contribution in [0, 0.1) is 17.1 Å². The van der Waals surface area contributed by atoms with Crippen LogP contribution in [-0.4, -0.2) is 15.0 Å². The van der Waals surface area contributed by atoms with E-state index in [1.54, 1.807) is 12.1 Å². The van der Waals surface area contributed by atoms with Gasteiger partial charge < -0.3 is 5.73 Å². The zero-order valence-corrected chi connectivity index (χ0v) is 8.26. The van der Waals surface area contributed by atoms with Crippen LogP contribution >= 0.6 is 0 Å². The number of nitrogens with zero attached hydrogens (tertiary/aromatic N) is 4. The number of aromatic nitrogens is 3. The standard InChI is InChI=1S/C10H8FN5/c11-9-3-7(1-2-8(9)4-12)6-16-14-5-10(13)15-16/h1-3,5H,6H2,(H2,13,15). The Morgan fingerprint density at radius 1 is 1.50 bits per heavy atom. The normalized spacial score (nSPS) is 10.0. The number of halogens is 1. The molecule has 2 aromatic rings. The molecular weight excluding hydrogens is 209 g/mol. The van der Waals surface area contributed by atoms with Crippen LogP contribution in [0.25, 0.3) is 0 Å². The molecule has 16 heavy (non-hydrogen) atoms. The molecule has 2 N–H and O–H groups in total. The highest BCUT2D eigenvalue weighted by Crippen LogP contribution is 2.10. The number of hydrogen-bond acceptors (Lipinski definition) is 4. The first-order valence-corrected chi connectivity index (χ1v) is 4.53. The van der Waals surface area contributed by atoms with Crippen LogP contribution in [-0.2, 0) is 6.54 Å². The Hall–Kier alpha value is -2.42. The summed E-state index contributed by atoms with van der Waals surface area (Å²) in [6.45, 7) is 0.319. The Labute approximate surface area is 90.9 Å². The summed E-state index contributed by atoms with van der Waals surface area (Å²) >= 11 is 0. The van der Waals surface area contributed by atoms with Crippen LogP contribution in [0.4, 0.5) is 10.2 Å². The highest BCUT2D eigenvalue weighted by atomic mass is 19.1. The molecule has 6 heteroatoms. The Balaban J connectivity index is 2.23. The van der Waals surface area contributed by atoms with Gasteiger partial charge >= 0.3 is 0 Å². The van der Waals surface area contributed by atoms with Gasteiger partial charge in [-0.3, -0.25) is 0 Å². The Morgan fingerprint density at radius 2 is 2.31 bits per heavy atom. The molecule has 0 saturated heterocycles. The number of nitrogens with two attached hydrogens (primary N) is 1. The highest BCUT2D eigenvalue weighted by molar-refractivity contribution is 5.33. The first kappa shape index (κ1) is 10.1. The molecule has 0 aliphatic carbocycles. The number of benzene rings is 1. The number of nitriles is 1. The largest absolute Gasteiger partial charge is 0.381 e. The molecule has 0 unspecified atom stereocenters. The van der Waals surface area contributed by atoms with E-state index in [1.807, 2.05) is 0 Å². The second-order valence-electron chi connectivity index (χ2n) is 3.23. The molecule has 1 aromatic carbocycles. The molecule has 1 aromatic heterocycles. The van der Waals surface area contributed by atoms with Gasteiger partial charge in [-0.05, 0) is 17.7 Å². The van der Waals surface area contributed by atoms with Crippen molar-refractivity contribution in [2.24, 2.45) is 0 Å². The summed E-state index contributed by atoms with van der Waals surface area (Å²) in [4.78, 5) is 1.36. The molecule has 2 rings (SSSR count). The van der Waals surface area contributed by atoms with Crippen LogP contribution in [0.2, 0.25) is 0 Å². The van der Waals surface area contributed by atoms with Gasteiger partial charge in [-0.2, -0.15) is 15.2 Å².